The van der Waals surface area contributed by atoms with Crippen molar-refractivity contribution in [1.82, 2.24) is 14.8 Å². The number of carbonyl (C=O) groups is 2. The second kappa shape index (κ2) is 8.75. The summed E-state index contributed by atoms with van der Waals surface area (Å²) in [7, 11) is 1.78. The van der Waals surface area contributed by atoms with Crippen molar-refractivity contribution in [3.63, 3.8) is 0 Å². The third kappa shape index (κ3) is 5.12. The minimum atomic E-state index is -0.290. The Bertz CT molecular complexity index is 780. The minimum Gasteiger partial charge on any atom is -0.344 e. The van der Waals surface area contributed by atoms with Crippen molar-refractivity contribution in [3.05, 3.63) is 65.7 Å². The molecule has 0 N–H and O–H groups in total. The minimum absolute atomic E-state index is 0.0217. The number of aromatic nitrogens is 1. The second-order valence-electron chi connectivity index (χ2n) is 6.95. The lowest BCUT2D eigenvalue weighted by molar-refractivity contribution is -0.134. The predicted octanol–water partition coefficient (Wildman–Crippen LogP) is 2.31. The Kier molecular flexibility index (Phi) is 6.16. The van der Waals surface area contributed by atoms with Crippen LogP contribution in [0, 0.1) is 11.7 Å². The maximum Gasteiger partial charge on any atom is 0.227 e. The van der Waals surface area contributed by atoms with Gasteiger partial charge in [-0.15, -0.1) is 0 Å². The molecule has 1 aromatic carbocycles. The number of hydrogen-bond donors (Lipinski definition) is 0. The number of pyridine rings is 1. The van der Waals surface area contributed by atoms with Crippen molar-refractivity contribution in [2.45, 2.75) is 19.3 Å². The van der Waals surface area contributed by atoms with Crippen molar-refractivity contribution < 1.29 is 14.0 Å². The number of likely N-dealkylation sites (N-methyl/N-ethyl adjacent to an activating group) is 1. The second-order valence-corrected chi connectivity index (χ2v) is 6.95. The molecule has 0 saturated carbocycles. The lowest BCUT2D eigenvalue weighted by Gasteiger charge is -2.23. The fourth-order valence-corrected chi connectivity index (χ4v) is 3.34. The summed E-state index contributed by atoms with van der Waals surface area (Å²) in [6.07, 6.45) is 3.14. The fourth-order valence-electron chi connectivity index (χ4n) is 3.34. The smallest absolute Gasteiger partial charge is 0.227 e. The van der Waals surface area contributed by atoms with Gasteiger partial charge in [0.2, 0.25) is 11.8 Å². The van der Waals surface area contributed by atoms with Crippen molar-refractivity contribution in [3.8, 4) is 0 Å². The summed E-state index contributed by atoms with van der Waals surface area (Å²) < 4.78 is 13.0. The quantitative estimate of drug-likeness (QED) is 0.813. The number of hydrogen-bond acceptors (Lipinski definition) is 3. The van der Waals surface area contributed by atoms with Gasteiger partial charge in [0.05, 0.1) is 5.92 Å². The number of aryl methyl sites for hydroxylation is 1. The third-order valence-electron chi connectivity index (χ3n) is 4.95. The van der Waals surface area contributed by atoms with Crippen LogP contribution in [0.5, 0.6) is 0 Å². The van der Waals surface area contributed by atoms with Gasteiger partial charge in [-0.1, -0.05) is 18.2 Å². The molecule has 2 amide bonds. The van der Waals surface area contributed by atoms with E-state index in [2.05, 4.69) is 4.98 Å². The van der Waals surface area contributed by atoms with E-state index in [1.54, 1.807) is 35.2 Å². The molecule has 142 valence electrons. The average Bonchev–Trinajstić information content (AvgIpc) is 2.82. The van der Waals surface area contributed by atoms with Crippen molar-refractivity contribution in [2.75, 3.05) is 26.7 Å². The third-order valence-corrected chi connectivity index (χ3v) is 4.95. The highest BCUT2D eigenvalue weighted by Gasteiger charge is 2.30. The summed E-state index contributed by atoms with van der Waals surface area (Å²) in [4.78, 5) is 33.1. The molecule has 5 nitrogen and oxygen atoms in total. The maximum absolute atomic E-state index is 13.0. The van der Waals surface area contributed by atoms with E-state index < -0.39 is 0 Å². The molecule has 0 aliphatic carbocycles. The predicted molar refractivity (Wildman–Crippen MR) is 100 cm³/mol. The summed E-state index contributed by atoms with van der Waals surface area (Å²) in [6.45, 7) is 1.46. The largest absolute Gasteiger partial charge is 0.344 e. The van der Waals surface area contributed by atoms with Gasteiger partial charge in [-0.05, 0) is 36.2 Å². The first-order valence-electron chi connectivity index (χ1n) is 9.20. The molecule has 2 aromatic rings. The van der Waals surface area contributed by atoms with E-state index in [4.69, 9.17) is 0 Å². The molecule has 1 aliphatic rings. The molecule has 1 aliphatic heterocycles. The zero-order valence-electron chi connectivity index (χ0n) is 15.5. The molecule has 27 heavy (non-hydrogen) atoms. The van der Waals surface area contributed by atoms with Gasteiger partial charge in [0.1, 0.15) is 5.82 Å². The Morgan fingerprint density at radius 2 is 1.96 bits per heavy atom. The molecular weight excluding hydrogens is 345 g/mol. The summed E-state index contributed by atoms with van der Waals surface area (Å²) in [5.41, 5.74) is 1.78. The van der Waals surface area contributed by atoms with Gasteiger partial charge < -0.3 is 9.80 Å². The molecule has 0 radical (unpaired) electrons. The first-order chi connectivity index (χ1) is 13.0. The standard InChI is InChI=1S/C21H24FN3O2/c1-24-12-13-25(20(26)10-7-16-5-8-18(22)9-6-16)15-17(21(24)27)14-19-4-2-3-11-23-19/h2-6,8-9,11,17H,7,10,12-15H2,1H3/t17-/m1/s1. The molecule has 0 bridgehead atoms. The Labute approximate surface area is 158 Å². The summed E-state index contributed by atoms with van der Waals surface area (Å²) in [5.74, 6) is -0.499. The topological polar surface area (TPSA) is 53.5 Å². The molecule has 1 aromatic heterocycles. The molecule has 0 unspecified atom stereocenters. The highest BCUT2D eigenvalue weighted by Crippen LogP contribution is 2.16. The molecular formula is C21H24FN3O2. The van der Waals surface area contributed by atoms with E-state index >= 15 is 0 Å². The molecule has 6 heteroatoms. The van der Waals surface area contributed by atoms with Gasteiger partial charge in [0, 0.05) is 51.4 Å². The highest BCUT2D eigenvalue weighted by atomic mass is 19.1. The van der Waals surface area contributed by atoms with Gasteiger partial charge in [0.25, 0.3) is 0 Å². The molecule has 1 fully saturated rings. The molecule has 2 heterocycles. The van der Waals surface area contributed by atoms with Gasteiger partial charge in [-0.2, -0.15) is 0 Å². The van der Waals surface area contributed by atoms with Crippen LogP contribution in [0.2, 0.25) is 0 Å². The van der Waals surface area contributed by atoms with Gasteiger partial charge in [0.15, 0.2) is 0 Å². The van der Waals surface area contributed by atoms with Crippen LogP contribution in [-0.2, 0) is 22.4 Å². The SMILES string of the molecule is CN1CCN(C(=O)CCc2ccc(F)cc2)C[C@@H](Cc2ccccn2)C1=O. The van der Waals surface area contributed by atoms with Crippen LogP contribution in [0.1, 0.15) is 17.7 Å². The Morgan fingerprint density at radius 1 is 1.19 bits per heavy atom. The molecule has 1 saturated heterocycles. The highest BCUT2D eigenvalue weighted by molar-refractivity contribution is 5.82. The van der Waals surface area contributed by atoms with E-state index in [0.717, 1.165) is 11.3 Å². The van der Waals surface area contributed by atoms with Gasteiger partial charge >= 0.3 is 0 Å². The molecule has 3 rings (SSSR count). The van der Waals surface area contributed by atoms with Gasteiger partial charge in [-0.3, -0.25) is 14.6 Å². The van der Waals surface area contributed by atoms with E-state index in [1.165, 1.54) is 12.1 Å². The maximum atomic E-state index is 13.0. The number of rotatable bonds is 5. The lowest BCUT2D eigenvalue weighted by atomic mass is 10.0. The normalized spacial score (nSPS) is 17.7. The van der Waals surface area contributed by atoms with Crippen LogP contribution in [0.15, 0.2) is 48.7 Å². The van der Waals surface area contributed by atoms with Crippen LogP contribution >= 0.6 is 0 Å². The average molecular weight is 369 g/mol. The summed E-state index contributed by atoms with van der Waals surface area (Å²) >= 11 is 0. The van der Waals surface area contributed by atoms with Crippen LogP contribution in [0.25, 0.3) is 0 Å². The molecule has 0 spiro atoms. The number of benzene rings is 1. The van der Waals surface area contributed by atoms with E-state index in [9.17, 15) is 14.0 Å². The number of nitrogens with zero attached hydrogens (tertiary/aromatic N) is 3. The number of amides is 2. The molecule has 1 atom stereocenters. The summed E-state index contributed by atoms with van der Waals surface area (Å²) in [6, 6.07) is 11.9. The fraction of sp³-hybridized carbons (Fsp3) is 0.381. The van der Waals surface area contributed by atoms with Crippen LogP contribution in [0.4, 0.5) is 4.39 Å². The van der Waals surface area contributed by atoms with E-state index in [0.29, 0.717) is 38.9 Å². The van der Waals surface area contributed by atoms with Crippen LogP contribution in [-0.4, -0.2) is 53.3 Å². The van der Waals surface area contributed by atoms with Gasteiger partial charge in [-0.25, -0.2) is 4.39 Å². The zero-order valence-corrected chi connectivity index (χ0v) is 15.5. The monoisotopic (exact) mass is 369 g/mol. The number of carbonyl (C=O) groups excluding carboxylic acids is 2. The lowest BCUT2D eigenvalue weighted by Crippen LogP contribution is -2.37. The van der Waals surface area contributed by atoms with Crippen molar-refractivity contribution in [1.29, 1.82) is 0 Å². The van der Waals surface area contributed by atoms with Crippen LogP contribution in [0.3, 0.4) is 0 Å². The number of halogens is 1. The van der Waals surface area contributed by atoms with Crippen LogP contribution < -0.4 is 0 Å². The zero-order chi connectivity index (χ0) is 19.2. The first kappa shape index (κ1) is 19.0. The Morgan fingerprint density at radius 3 is 2.67 bits per heavy atom. The first-order valence-corrected chi connectivity index (χ1v) is 9.20. The van der Waals surface area contributed by atoms with Crippen molar-refractivity contribution >= 4 is 11.8 Å². The van der Waals surface area contributed by atoms with E-state index in [1.807, 2.05) is 18.2 Å². The summed E-state index contributed by atoms with van der Waals surface area (Å²) in [5, 5.41) is 0. The Hall–Kier alpha value is -2.76. The van der Waals surface area contributed by atoms with Crippen molar-refractivity contribution in [2.24, 2.45) is 5.92 Å². The Balaban J connectivity index is 1.64. The van der Waals surface area contributed by atoms with E-state index in [-0.39, 0.29) is 23.5 Å².